The third-order valence-electron chi connectivity index (χ3n) is 2.02. The van der Waals surface area contributed by atoms with Gasteiger partial charge in [-0.05, 0) is 53.5 Å². The van der Waals surface area contributed by atoms with E-state index in [-0.39, 0.29) is 5.82 Å². The van der Waals surface area contributed by atoms with E-state index in [1.807, 2.05) is 6.07 Å². The Bertz CT molecular complexity index is 290. The van der Waals surface area contributed by atoms with Crippen molar-refractivity contribution in [1.29, 1.82) is 0 Å². The van der Waals surface area contributed by atoms with Crippen LogP contribution in [0.3, 0.4) is 0 Å². The second-order valence-electron chi connectivity index (χ2n) is 3.36. The Balaban J connectivity index is 2.01. The fourth-order valence-electron chi connectivity index (χ4n) is 1.11. The lowest BCUT2D eigenvalue weighted by atomic mass is 10.3. The highest BCUT2D eigenvalue weighted by Crippen LogP contribution is 2.29. The first-order valence-electron chi connectivity index (χ1n) is 4.33. The second kappa shape index (κ2) is 3.82. The van der Waals surface area contributed by atoms with E-state index in [0.29, 0.717) is 11.7 Å². The van der Waals surface area contributed by atoms with Gasteiger partial charge < -0.3 is 4.74 Å². The summed E-state index contributed by atoms with van der Waals surface area (Å²) in [6, 6.07) is 4.78. The summed E-state index contributed by atoms with van der Waals surface area (Å²) in [5, 5.41) is 0. The van der Waals surface area contributed by atoms with E-state index in [1.165, 1.54) is 25.0 Å². The van der Waals surface area contributed by atoms with E-state index in [0.717, 1.165) is 10.2 Å². The van der Waals surface area contributed by atoms with E-state index in [2.05, 4.69) is 22.6 Å². The van der Waals surface area contributed by atoms with Crippen molar-refractivity contribution in [3.05, 3.63) is 27.6 Å². The maximum absolute atomic E-state index is 12.9. The van der Waals surface area contributed by atoms with Gasteiger partial charge in [0.05, 0.1) is 6.61 Å². The summed E-state index contributed by atoms with van der Waals surface area (Å²) < 4.78 is 19.2. The Hall–Kier alpha value is -0.320. The van der Waals surface area contributed by atoms with Gasteiger partial charge in [-0.25, -0.2) is 4.39 Å². The van der Waals surface area contributed by atoms with Gasteiger partial charge >= 0.3 is 0 Å². The van der Waals surface area contributed by atoms with E-state index >= 15 is 0 Å². The van der Waals surface area contributed by atoms with Crippen LogP contribution in [0.15, 0.2) is 18.2 Å². The molecule has 0 bridgehead atoms. The molecule has 0 aliphatic heterocycles. The van der Waals surface area contributed by atoms with Crippen molar-refractivity contribution >= 4 is 22.6 Å². The molecule has 3 heteroatoms. The van der Waals surface area contributed by atoms with Gasteiger partial charge in [0.15, 0.2) is 0 Å². The zero-order valence-electron chi connectivity index (χ0n) is 7.09. The smallest absolute Gasteiger partial charge is 0.127 e. The first-order valence-corrected chi connectivity index (χ1v) is 5.41. The van der Waals surface area contributed by atoms with E-state index in [4.69, 9.17) is 4.74 Å². The van der Waals surface area contributed by atoms with Crippen LogP contribution in [-0.2, 0) is 0 Å². The minimum absolute atomic E-state index is 0.224. The number of benzene rings is 1. The minimum Gasteiger partial charge on any atom is -0.493 e. The fourth-order valence-corrected chi connectivity index (χ4v) is 1.71. The normalized spacial score (nSPS) is 15.8. The van der Waals surface area contributed by atoms with Gasteiger partial charge in [0, 0.05) is 9.64 Å². The van der Waals surface area contributed by atoms with Crippen LogP contribution in [0.5, 0.6) is 5.75 Å². The van der Waals surface area contributed by atoms with E-state index in [9.17, 15) is 4.39 Å². The maximum atomic E-state index is 12.9. The zero-order chi connectivity index (χ0) is 9.26. The van der Waals surface area contributed by atoms with Crippen molar-refractivity contribution in [2.45, 2.75) is 12.8 Å². The molecule has 1 aromatic carbocycles. The summed E-state index contributed by atoms with van der Waals surface area (Å²) >= 11 is 2.08. The molecule has 0 N–H and O–H groups in total. The average Bonchev–Trinajstić information content (AvgIpc) is 2.81. The van der Waals surface area contributed by atoms with Crippen LogP contribution < -0.4 is 4.74 Å². The highest BCUT2D eigenvalue weighted by molar-refractivity contribution is 14.1. The van der Waals surface area contributed by atoms with Crippen molar-refractivity contribution in [2.24, 2.45) is 5.92 Å². The lowest BCUT2D eigenvalue weighted by molar-refractivity contribution is 0.298. The number of halogens is 2. The first kappa shape index (κ1) is 9.24. The molecule has 1 fully saturated rings. The Labute approximate surface area is 90.4 Å². The summed E-state index contributed by atoms with van der Waals surface area (Å²) in [5.41, 5.74) is 0. The molecule has 0 saturated heterocycles. The van der Waals surface area contributed by atoms with Crippen molar-refractivity contribution in [3.63, 3.8) is 0 Å². The molecule has 1 aliphatic rings. The monoisotopic (exact) mass is 292 g/mol. The van der Waals surface area contributed by atoms with Gasteiger partial charge in [-0.1, -0.05) is 0 Å². The third-order valence-corrected chi connectivity index (χ3v) is 2.64. The summed E-state index contributed by atoms with van der Waals surface area (Å²) in [6.07, 6.45) is 2.51. The summed E-state index contributed by atoms with van der Waals surface area (Å²) in [6.45, 7) is 0.736. The molecule has 2 rings (SSSR count). The number of hydrogen-bond donors (Lipinski definition) is 0. The van der Waals surface area contributed by atoms with Gasteiger partial charge in [-0.3, -0.25) is 0 Å². The Morgan fingerprint density at radius 2 is 2.15 bits per heavy atom. The Kier molecular flexibility index (Phi) is 2.71. The number of ether oxygens (including phenoxy) is 1. The Morgan fingerprint density at radius 1 is 1.38 bits per heavy atom. The molecule has 1 nitrogen and oxygen atoms in total. The largest absolute Gasteiger partial charge is 0.493 e. The number of rotatable bonds is 3. The molecule has 70 valence electrons. The lowest BCUT2D eigenvalue weighted by Crippen LogP contribution is -1.99. The minimum atomic E-state index is -0.224. The van der Waals surface area contributed by atoms with Crippen LogP contribution in [0, 0.1) is 15.3 Å². The standard InChI is InChI=1S/C10H10FIO/c11-8-3-9(12)5-10(4-8)13-6-7-1-2-7/h3-5,7H,1-2,6H2. The van der Waals surface area contributed by atoms with Crippen molar-refractivity contribution in [2.75, 3.05) is 6.61 Å². The average molecular weight is 292 g/mol. The predicted octanol–water partition coefficient (Wildman–Crippen LogP) is 3.22. The van der Waals surface area contributed by atoms with E-state index in [1.54, 1.807) is 0 Å². The molecule has 0 unspecified atom stereocenters. The van der Waals surface area contributed by atoms with Crippen LogP contribution in [0.4, 0.5) is 4.39 Å². The summed E-state index contributed by atoms with van der Waals surface area (Å²) in [4.78, 5) is 0. The van der Waals surface area contributed by atoms with Gasteiger partial charge in [0.2, 0.25) is 0 Å². The van der Waals surface area contributed by atoms with Crippen LogP contribution in [-0.4, -0.2) is 6.61 Å². The van der Waals surface area contributed by atoms with Gasteiger partial charge in [0.25, 0.3) is 0 Å². The quantitative estimate of drug-likeness (QED) is 0.777. The topological polar surface area (TPSA) is 9.23 Å². The first-order chi connectivity index (χ1) is 6.24. The lowest BCUT2D eigenvalue weighted by Gasteiger charge is -2.05. The van der Waals surface area contributed by atoms with Crippen molar-refractivity contribution in [3.8, 4) is 5.75 Å². The summed E-state index contributed by atoms with van der Waals surface area (Å²) in [7, 11) is 0. The SMILES string of the molecule is Fc1cc(I)cc(OCC2CC2)c1. The number of hydrogen-bond acceptors (Lipinski definition) is 1. The van der Waals surface area contributed by atoms with Crippen LogP contribution >= 0.6 is 22.6 Å². The van der Waals surface area contributed by atoms with Crippen molar-refractivity contribution in [1.82, 2.24) is 0 Å². The van der Waals surface area contributed by atoms with Gasteiger partial charge in [-0.2, -0.15) is 0 Å². The van der Waals surface area contributed by atoms with Crippen LogP contribution in [0.2, 0.25) is 0 Å². The summed E-state index contributed by atoms with van der Waals surface area (Å²) in [5.74, 6) is 1.13. The van der Waals surface area contributed by atoms with Gasteiger partial charge in [0.1, 0.15) is 11.6 Å². The molecule has 0 amide bonds. The fraction of sp³-hybridized carbons (Fsp3) is 0.400. The molecule has 1 aliphatic carbocycles. The maximum Gasteiger partial charge on any atom is 0.127 e. The second-order valence-corrected chi connectivity index (χ2v) is 4.61. The molecule has 1 aromatic rings. The van der Waals surface area contributed by atoms with Gasteiger partial charge in [-0.15, -0.1) is 0 Å². The highest BCUT2D eigenvalue weighted by Gasteiger charge is 2.21. The molecule has 0 heterocycles. The molecular formula is C10H10FIO. The molecule has 0 atom stereocenters. The molecule has 0 aromatic heterocycles. The molecule has 0 radical (unpaired) electrons. The predicted molar refractivity (Wildman–Crippen MR) is 57.3 cm³/mol. The molecular weight excluding hydrogens is 282 g/mol. The zero-order valence-corrected chi connectivity index (χ0v) is 9.25. The third kappa shape index (κ3) is 2.83. The van der Waals surface area contributed by atoms with Crippen molar-refractivity contribution < 1.29 is 9.13 Å². The van der Waals surface area contributed by atoms with Crippen LogP contribution in [0.25, 0.3) is 0 Å². The molecule has 0 spiro atoms. The van der Waals surface area contributed by atoms with E-state index < -0.39 is 0 Å². The molecule has 1 saturated carbocycles. The highest BCUT2D eigenvalue weighted by atomic mass is 127. The Morgan fingerprint density at radius 3 is 2.77 bits per heavy atom. The molecule has 13 heavy (non-hydrogen) atoms. The van der Waals surface area contributed by atoms with Crippen LogP contribution in [0.1, 0.15) is 12.8 Å².